The quantitative estimate of drug-likeness (QED) is 0.580. The van der Waals surface area contributed by atoms with Crippen LogP contribution in [0.25, 0.3) is 15.7 Å². The molecule has 0 atom stereocenters. The minimum Gasteiger partial charge on any atom is -0.466 e. The van der Waals surface area contributed by atoms with E-state index in [1.807, 2.05) is 24.3 Å². The molecule has 0 saturated carbocycles. The van der Waals surface area contributed by atoms with Crippen molar-refractivity contribution in [1.29, 1.82) is 0 Å². The number of hydrogen-bond donors (Lipinski definition) is 0. The highest BCUT2D eigenvalue weighted by atomic mass is 32.1. The Morgan fingerprint density at radius 3 is 2.60 bits per heavy atom. The fourth-order valence-electron chi connectivity index (χ4n) is 4.10. The standard InChI is InChI=1S/C21H26N4O4S/c1-4-18-22-24(20(27)16-11-17-15(25(16)18)10-13(3)30-17)12-19(26)23-8-6-14(7-9-23)21(28)29-5-2/h10-11,14H,4-9,12H2,1-3H3. The number of likely N-dealkylation sites (tertiary alicyclic amines) is 1. The molecule has 0 unspecified atom stereocenters. The van der Waals surface area contributed by atoms with Gasteiger partial charge in [-0.25, -0.2) is 4.68 Å². The van der Waals surface area contributed by atoms with E-state index in [1.54, 1.807) is 23.2 Å². The molecule has 3 aromatic rings. The van der Waals surface area contributed by atoms with Gasteiger partial charge in [0.1, 0.15) is 17.9 Å². The van der Waals surface area contributed by atoms with E-state index in [1.165, 1.54) is 9.56 Å². The van der Waals surface area contributed by atoms with Gasteiger partial charge in [-0.3, -0.25) is 18.8 Å². The maximum Gasteiger partial charge on any atom is 0.309 e. The summed E-state index contributed by atoms with van der Waals surface area (Å²) in [7, 11) is 0. The van der Waals surface area contributed by atoms with Crippen LogP contribution in [0.2, 0.25) is 0 Å². The number of fused-ring (bicyclic) bond motifs is 3. The van der Waals surface area contributed by atoms with Crippen LogP contribution in [0.15, 0.2) is 16.9 Å². The first-order valence-corrected chi connectivity index (χ1v) is 11.2. The number of rotatable bonds is 5. The van der Waals surface area contributed by atoms with E-state index < -0.39 is 0 Å². The number of ether oxygens (including phenoxy) is 1. The summed E-state index contributed by atoms with van der Waals surface area (Å²) >= 11 is 1.64. The molecule has 30 heavy (non-hydrogen) atoms. The van der Waals surface area contributed by atoms with E-state index in [-0.39, 0.29) is 29.9 Å². The molecule has 1 aliphatic heterocycles. The second-order valence-electron chi connectivity index (χ2n) is 7.61. The predicted molar refractivity (Wildman–Crippen MR) is 115 cm³/mol. The molecule has 1 saturated heterocycles. The molecule has 0 radical (unpaired) electrons. The molecule has 3 aromatic heterocycles. The van der Waals surface area contributed by atoms with Crippen molar-refractivity contribution in [2.24, 2.45) is 5.92 Å². The number of amides is 1. The maximum atomic E-state index is 13.0. The summed E-state index contributed by atoms with van der Waals surface area (Å²) in [4.78, 5) is 40.6. The van der Waals surface area contributed by atoms with E-state index in [0.29, 0.717) is 44.5 Å². The Balaban J connectivity index is 1.55. The highest BCUT2D eigenvalue weighted by Gasteiger charge is 2.28. The third kappa shape index (κ3) is 3.62. The maximum absolute atomic E-state index is 13.0. The number of aryl methyl sites for hydroxylation is 2. The highest BCUT2D eigenvalue weighted by Crippen LogP contribution is 2.28. The second kappa shape index (κ2) is 8.22. The number of piperidine rings is 1. The number of nitrogens with zero attached hydrogens (tertiary/aromatic N) is 4. The lowest BCUT2D eigenvalue weighted by molar-refractivity contribution is -0.151. The largest absolute Gasteiger partial charge is 0.466 e. The normalized spacial score (nSPS) is 15.2. The van der Waals surface area contributed by atoms with E-state index in [9.17, 15) is 14.4 Å². The van der Waals surface area contributed by atoms with Crippen molar-refractivity contribution in [3.05, 3.63) is 33.2 Å². The van der Waals surface area contributed by atoms with E-state index in [2.05, 4.69) is 11.2 Å². The molecule has 1 aliphatic rings. The molecule has 4 rings (SSSR count). The van der Waals surface area contributed by atoms with Crippen molar-refractivity contribution in [2.75, 3.05) is 19.7 Å². The molecule has 0 aliphatic carbocycles. The molecule has 9 heteroatoms. The SMILES string of the molecule is CCOC(=O)C1CCN(C(=O)Cn2nc(CC)n3c(cc4sc(C)cc43)c2=O)CC1. The fraction of sp³-hybridized carbons (Fsp3) is 0.524. The molecule has 1 amide bonds. The van der Waals surface area contributed by atoms with Gasteiger partial charge in [-0.15, -0.1) is 11.3 Å². The summed E-state index contributed by atoms with van der Waals surface area (Å²) < 4.78 is 9.32. The Bertz CT molecular complexity index is 1170. The van der Waals surface area contributed by atoms with Gasteiger partial charge >= 0.3 is 5.97 Å². The van der Waals surface area contributed by atoms with Crippen LogP contribution >= 0.6 is 11.3 Å². The Morgan fingerprint density at radius 2 is 1.93 bits per heavy atom. The number of aromatic nitrogens is 3. The summed E-state index contributed by atoms with van der Waals surface area (Å²) in [5.41, 5.74) is 1.29. The fourth-order valence-corrected chi connectivity index (χ4v) is 5.04. The average Bonchev–Trinajstić information content (AvgIpc) is 3.26. The third-order valence-corrected chi connectivity index (χ3v) is 6.62. The molecule has 0 N–H and O–H groups in total. The van der Waals surface area contributed by atoms with Gasteiger partial charge < -0.3 is 9.64 Å². The lowest BCUT2D eigenvalue weighted by Gasteiger charge is -2.31. The summed E-state index contributed by atoms with van der Waals surface area (Å²) in [6.45, 7) is 7.07. The first-order chi connectivity index (χ1) is 14.4. The smallest absolute Gasteiger partial charge is 0.309 e. The van der Waals surface area contributed by atoms with Crippen LogP contribution in [-0.4, -0.2) is 50.7 Å². The van der Waals surface area contributed by atoms with Crippen LogP contribution in [0.1, 0.15) is 37.4 Å². The summed E-state index contributed by atoms with van der Waals surface area (Å²) in [6.07, 6.45) is 1.82. The van der Waals surface area contributed by atoms with Crippen molar-refractivity contribution in [2.45, 2.75) is 46.6 Å². The zero-order valence-corrected chi connectivity index (χ0v) is 18.3. The lowest BCUT2D eigenvalue weighted by atomic mass is 9.97. The molecule has 1 fully saturated rings. The summed E-state index contributed by atoms with van der Waals surface area (Å²) in [6, 6.07) is 3.96. The number of thiophene rings is 1. The van der Waals surface area contributed by atoms with E-state index >= 15 is 0 Å². The van der Waals surface area contributed by atoms with Gasteiger partial charge in [-0.1, -0.05) is 6.92 Å². The van der Waals surface area contributed by atoms with Crippen molar-refractivity contribution in [3.63, 3.8) is 0 Å². The molecule has 0 aromatic carbocycles. The van der Waals surface area contributed by atoms with Crippen LogP contribution in [0, 0.1) is 12.8 Å². The van der Waals surface area contributed by atoms with Crippen molar-refractivity contribution in [1.82, 2.24) is 19.1 Å². The molecule has 160 valence electrons. The molecule has 0 spiro atoms. The van der Waals surface area contributed by atoms with Gasteiger partial charge in [0.25, 0.3) is 5.56 Å². The van der Waals surface area contributed by atoms with Gasteiger partial charge in [-0.2, -0.15) is 5.10 Å². The van der Waals surface area contributed by atoms with Crippen molar-refractivity contribution in [3.8, 4) is 0 Å². The zero-order valence-electron chi connectivity index (χ0n) is 17.5. The molecule has 4 heterocycles. The zero-order chi connectivity index (χ0) is 21.4. The summed E-state index contributed by atoms with van der Waals surface area (Å²) in [5.74, 6) is 0.257. The number of carbonyl (C=O) groups is 2. The van der Waals surface area contributed by atoms with Crippen LogP contribution < -0.4 is 5.56 Å². The van der Waals surface area contributed by atoms with Gasteiger partial charge in [0.05, 0.1) is 22.7 Å². The number of esters is 1. The van der Waals surface area contributed by atoms with Crippen LogP contribution in [-0.2, 0) is 27.3 Å². The van der Waals surface area contributed by atoms with Gasteiger partial charge in [0.2, 0.25) is 5.91 Å². The predicted octanol–water partition coefficient (Wildman–Crippen LogP) is 2.38. The van der Waals surface area contributed by atoms with Crippen molar-refractivity contribution >= 4 is 38.9 Å². The number of carbonyl (C=O) groups excluding carboxylic acids is 2. The molecular formula is C21H26N4O4S. The Hall–Kier alpha value is -2.68. The first kappa shape index (κ1) is 20.6. The Kier molecular flexibility index (Phi) is 5.64. The highest BCUT2D eigenvalue weighted by molar-refractivity contribution is 7.19. The van der Waals surface area contributed by atoms with Crippen molar-refractivity contribution < 1.29 is 14.3 Å². The van der Waals surface area contributed by atoms with Gasteiger partial charge in [0, 0.05) is 24.4 Å². The average molecular weight is 431 g/mol. The molecular weight excluding hydrogens is 404 g/mol. The minimum atomic E-state index is -0.261. The summed E-state index contributed by atoms with van der Waals surface area (Å²) in [5, 5.41) is 4.50. The topological polar surface area (TPSA) is 85.9 Å². The molecule has 8 nitrogen and oxygen atoms in total. The van der Waals surface area contributed by atoms with E-state index in [4.69, 9.17) is 4.74 Å². The van der Waals surface area contributed by atoms with E-state index in [0.717, 1.165) is 16.0 Å². The van der Waals surface area contributed by atoms with Gasteiger partial charge in [-0.05, 0) is 38.8 Å². The second-order valence-corrected chi connectivity index (χ2v) is 8.90. The first-order valence-electron chi connectivity index (χ1n) is 10.4. The molecule has 0 bridgehead atoms. The Morgan fingerprint density at radius 1 is 1.20 bits per heavy atom. The van der Waals surface area contributed by atoms with Crippen LogP contribution in [0.3, 0.4) is 0 Å². The van der Waals surface area contributed by atoms with Gasteiger partial charge in [0.15, 0.2) is 0 Å². The monoisotopic (exact) mass is 430 g/mol. The van der Waals surface area contributed by atoms with Crippen LogP contribution in [0.4, 0.5) is 0 Å². The minimum absolute atomic E-state index is 0.0930. The number of hydrogen-bond acceptors (Lipinski definition) is 6. The Labute approximate surface area is 178 Å². The lowest BCUT2D eigenvalue weighted by Crippen LogP contribution is -2.43. The third-order valence-electron chi connectivity index (χ3n) is 5.63. The van der Waals surface area contributed by atoms with Crippen LogP contribution in [0.5, 0.6) is 0 Å².